The molecule has 3 aliphatic rings. The van der Waals surface area contributed by atoms with Gasteiger partial charge < -0.3 is 90.7 Å². The van der Waals surface area contributed by atoms with E-state index in [4.69, 9.17) is 85.6 Å². The SMILES string of the molecule is CC1C(COCc2ccccc2)OC(O)C(OCc2ccccc2)C1C.COc1cc(C(=O)O)ccc1OCc1ccccc1.COc1cc(C(=O)OC2OC(COCc3ccccc3)C(C)C(C)C2OCc2ccccc2)ccc1OCc1ccccc1.COc1cc(C(=O)OC2OC(COCc3ccccc3)C(C)C(C)C2OCc2ccccc2)ccc1OCc1ccccc1. The van der Waals surface area contributed by atoms with Crippen LogP contribution in [0.5, 0.6) is 34.5 Å². The van der Waals surface area contributed by atoms with Crippen LogP contribution in [0, 0.1) is 35.5 Å². The third-order valence-electron chi connectivity index (χ3n) is 24.0. The lowest BCUT2D eigenvalue weighted by atomic mass is 9.83. The first-order valence-electron chi connectivity index (χ1n) is 45.0. The van der Waals surface area contributed by atoms with Gasteiger partial charge in [-0.15, -0.1) is 0 Å². The number of aromatic carboxylic acids is 1. The minimum atomic E-state index is -0.993. The molecule has 12 aromatic rings. The maximum absolute atomic E-state index is 13.5. The van der Waals surface area contributed by atoms with Crippen molar-refractivity contribution in [1.82, 2.24) is 0 Å². The van der Waals surface area contributed by atoms with Crippen molar-refractivity contribution < 1.29 is 105 Å². The summed E-state index contributed by atoms with van der Waals surface area (Å²) in [7, 11) is 4.57. The lowest BCUT2D eigenvalue weighted by Crippen LogP contribution is -2.53. The van der Waals surface area contributed by atoms with Crippen LogP contribution in [-0.4, -0.2) is 125 Å². The zero-order valence-corrected chi connectivity index (χ0v) is 76.9. The second-order valence-corrected chi connectivity index (χ2v) is 33.1. The van der Waals surface area contributed by atoms with E-state index in [2.05, 4.69) is 41.5 Å². The van der Waals surface area contributed by atoms with E-state index in [9.17, 15) is 19.5 Å². The second kappa shape index (κ2) is 52.6. The minimum absolute atomic E-state index is 0.0267. The van der Waals surface area contributed by atoms with E-state index in [1.54, 1.807) is 56.7 Å². The van der Waals surface area contributed by atoms with E-state index >= 15 is 0 Å². The Morgan fingerprint density at radius 3 is 0.774 bits per heavy atom. The van der Waals surface area contributed by atoms with Gasteiger partial charge in [0.25, 0.3) is 0 Å². The number of aliphatic hydroxyl groups excluding tert-OH is 1. The van der Waals surface area contributed by atoms with Crippen LogP contribution < -0.4 is 28.4 Å². The van der Waals surface area contributed by atoms with Gasteiger partial charge in [-0.05, 0) is 140 Å². The Morgan fingerprint density at radius 1 is 0.271 bits per heavy atom. The lowest BCUT2D eigenvalue weighted by Gasteiger charge is -2.43. The van der Waals surface area contributed by atoms with E-state index in [0.717, 1.165) is 50.1 Å². The van der Waals surface area contributed by atoms with Gasteiger partial charge in [0.15, 0.2) is 40.8 Å². The molecule has 22 heteroatoms. The molecular formula is C111H122O22. The van der Waals surface area contributed by atoms with Crippen LogP contribution in [0.1, 0.15) is 123 Å². The molecule has 0 saturated carbocycles. The zero-order chi connectivity index (χ0) is 93.5. The van der Waals surface area contributed by atoms with Gasteiger partial charge in [-0.2, -0.15) is 0 Å². The van der Waals surface area contributed by atoms with Gasteiger partial charge in [0.1, 0.15) is 38.1 Å². The largest absolute Gasteiger partial charge is 0.493 e. The van der Waals surface area contributed by atoms with Crippen molar-refractivity contribution in [2.24, 2.45) is 35.5 Å². The summed E-state index contributed by atoms with van der Waals surface area (Å²) in [5.74, 6) is 1.46. The molecule has 698 valence electrons. The normalized spacial score (nSPS) is 21.2. The monoisotopic (exact) mass is 1810 g/mol. The third-order valence-corrected chi connectivity index (χ3v) is 24.0. The number of hydrogen-bond acceptors (Lipinski definition) is 21. The van der Waals surface area contributed by atoms with Crippen molar-refractivity contribution in [2.45, 2.75) is 156 Å². The van der Waals surface area contributed by atoms with Gasteiger partial charge in [0.05, 0.1) is 116 Å². The van der Waals surface area contributed by atoms with Crippen LogP contribution in [0.4, 0.5) is 0 Å². The van der Waals surface area contributed by atoms with E-state index in [1.165, 1.54) is 19.2 Å². The molecule has 2 N–H and O–H groups in total. The van der Waals surface area contributed by atoms with Crippen molar-refractivity contribution in [3.63, 3.8) is 0 Å². The molecular weight excluding hydrogens is 1690 g/mol. The number of ether oxygens (including phenoxy) is 17. The molecule has 3 saturated heterocycles. The summed E-state index contributed by atoms with van der Waals surface area (Å²) < 4.78 is 101. The number of carbonyl (C=O) groups excluding carboxylic acids is 2. The lowest BCUT2D eigenvalue weighted by molar-refractivity contribution is -0.272. The standard InChI is InChI=1S/2C37H40O7.C22H28O4.C15H14O4/c2*1-26-27(2)35(42-24-30-17-11-6-12-18-30)37(43-34(26)25-40-22-28-13-7-4-8-14-28)44-36(38)31-19-20-32(33(21-31)39-3)41-23-29-15-9-5-10-16-29;1-16-17(2)21(25-14-19-11-7-4-8-12-19)22(23)26-20(16)15-24-13-18-9-5-3-6-10-18;1-18-14-9-12(15(16)17)7-8-13(14)19-10-11-5-3-2-4-6-11/h2*4-21,26-27,34-35,37H,22-25H2,1-3H3;3-12,16-17,20-23H,13-15H2,1-2H3;2-9H,10H2,1H3,(H,16,17). The highest BCUT2D eigenvalue weighted by Gasteiger charge is 2.47. The summed E-state index contributed by atoms with van der Waals surface area (Å²) in [6.07, 6.45) is -4.79. The first-order valence-corrected chi connectivity index (χ1v) is 45.0. The fourth-order valence-electron chi connectivity index (χ4n) is 15.5. The number of esters is 2. The maximum atomic E-state index is 13.5. The highest BCUT2D eigenvalue weighted by Crippen LogP contribution is 2.40. The third kappa shape index (κ3) is 30.5. The molecule has 0 aliphatic carbocycles. The van der Waals surface area contributed by atoms with Gasteiger partial charge in [-0.3, -0.25) is 0 Å². The Morgan fingerprint density at radius 2 is 0.504 bits per heavy atom. The summed E-state index contributed by atoms with van der Waals surface area (Å²) in [5, 5.41) is 19.3. The summed E-state index contributed by atoms with van der Waals surface area (Å²) in [6, 6.07) is 104. The number of benzene rings is 12. The fraction of sp³-hybridized carbons (Fsp3) is 0.324. The molecule has 0 bridgehead atoms. The van der Waals surface area contributed by atoms with Crippen LogP contribution in [0.2, 0.25) is 0 Å². The van der Waals surface area contributed by atoms with Crippen molar-refractivity contribution in [3.8, 4) is 34.5 Å². The fourth-order valence-corrected chi connectivity index (χ4v) is 15.5. The summed E-state index contributed by atoms with van der Waals surface area (Å²) in [5.41, 5.74) is 10.4. The molecule has 0 amide bonds. The zero-order valence-electron chi connectivity index (χ0n) is 76.9. The molecule has 22 nitrogen and oxygen atoms in total. The van der Waals surface area contributed by atoms with Gasteiger partial charge in [-0.25, -0.2) is 14.4 Å². The number of carboxylic acid groups (broad SMARTS) is 1. The predicted molar refractivity (Wildman–Crippen MR) is 506 cm³/mol. The smallest absolute Gasteiger partial charge is 0.340 e. The van der Waals surface area contributed by atoms with Crippen molar-refractivity contribution in [3.05, 3.63) is 394 Å². The molecule has 3 aliphatic heterocycles. The average Bonchev–Trinajstić information content (AvgIpc) is 0.801. The topological polar surface area (TPSA) is 249 Å². The summed E-state index contributed by atoms with van der Waals surface area (Å²) in [6.45, 7) is 17.7. The molecule has 3 fully saturated rings. The molecule has 0 aromatic heterocycles. The molecule has 133 heavy (non-hydrogen) atoms. The van der Waals surface area contributed by atoms with Gasteiger partial charge in [0, 0.05) is 0 Å². The average molecular weight is 1810 g/mol. The molecule has 15 atom stereocenters. The van der Waals surface area contributed by atoms with Crippen LogP contribution in [0.25, 0.3) is 0 Å². The maximum Gasteiger partial charge on any atom is 0.340 e. The molecule has 3 heterocycles. The van der Waals surface area contributed by atoms with Crippen molar-refractivity contribution in [2.75, 3.05) is 41.2 Å². The first kappa shape index (κ1) is 99.5. The van der Waals surface area contributed by atoms with Crippen LogP contribution in [-0.2, 0) is 112 Å². The van der Waals surface area contributed by atoms with Crippen molar-refractivity contribution >= 4 is 17.9 Å². The highest BCUT2D eigenvalue weighted by molar-refractivity contribution is 5.91. The van der Waals surface area contributed by atoms with E-state index < -0.39 is 49.0 Å². The number of carboxylic acids is 1. The van der Waals surface area contributed by atoms with Gasteiger partial charge in [0.2, 0.25) is 12.6 Å². The minimum Gasteiger partial charge on any atom is -0.493 e. The first-order chi connectivity index (χ1) is 64.9. The Kier molecular flexibility index (Phi) is 39.4. The van der Waals surface area contributed by atoms with Crippen LogP contribution in [0.3, 0.4) is 0 Å². The number of methoxy groups -OCH3 is 3. The molecule has 15 rings (SSSR count). The second-order valence-electron chi connectivity index (χ2n) is 33.1. The van der Waals surface area contributed by atoms with E-state index in [-0.39, 0.29) is 65.5 Å². The van der Waals surface area contributed by atoms with Crippen LogP contribution in [0.15, 0.2) is 328 Å². The predicted octanol–water partition coefficient (Wildman–Crippen LogP) is 21.2. The Balaban J connectivity index is 0.000000168. The van der Waals surface area contributed by atoms with E-state index in [0.29, 0.717) is 125 Å². The van der Waals surface area contributed by atoms with E-state index in [1.807, 2.05) is 273 Å². The molecule has 0 spiro atoms. The van der Waals surface area contributed by atoms with Crippen molar-refractivity contribution in [1.29, 1.82) is 0 Å². The Labute approximate surface area is 780 Å². The van der Waals surface area contributed by atoms with Gasteiger partial charge >= 0.3 is 17.9 Å². The Hall–Kier alpha value is -12.6. The molecule has 12 aromatic carbocycles. The van der Waals surface area contributed by atoms with Crippen LogP contribution >= 0.6 is 0 Å². The number of hydrogen-bond donors (Lipinski definition) is 2. The number of rotatable bonds is 38. The summed E-state index contributed by atoms with van der Waals surface area (Å²) in [4.78, 5) is 37.9. The molecule has 0 radical (unpaired) electrons. The number of aliphatic hydroxyl groups is 1. The Bertz CT molecular complexity index is 5150. The summed E-state index contributed by atoms with van der Waals surface area (Å²) >= 11 is 0. The number of carbonyl (C=O) groups is 3. The van der Waals surface area contributed by atoms with Gasteiger partial charge in [-0.1, -0.05) is 315 Å². The highest BCUT2D eigenvalue weighted by atomic mass is 16.7. The quantitative estimate of drug-likeness (QED) is 0.0341. The molecule has 15 unspecified atom stereocenters.